The van der Waals surface area contributed by atoms with Crippen molar-refractivity contribution in [2.45, 2.75) is 51.6 Å². The quantitative estimate of drug-likeness (QED) is 0.233. The molecule has 0 unspecified atom stereocenters. The molecule has 2 aromatic carbocycles. The molecule has 3 heterocycles. The molecule has 0 aliphatic heterocycles. The van der Waals surface area contributed by atoms with Crippen LogP contribution in [0.3, 0.4) is 0 Å². The summed E-state index contributed by atoms with van der Waals surface area (Å²) in [5.41, 5.74) is 3.73. The summed E-state index contributed by atoms with van der Waals surface area (Å²) in [5.74, 6) is 0. The number of hydrogen-bond acceptors (Lipinski definition) is 8. The van der Waals surface area contributed by atoms with Crippen LogP contribution in [0.25, 0.3) is 21.9 Å². The van der Waals surface area contributed by atoms with Crippen molar-refractivity contribution in [1.82, 2.24) is 29.5 Å². The Bertz CT molecular complexity index is 1930. The van der Waals surface area contributed by atoms with Crippen molar-refractivity contribution in [2.24, 2.45) is 12.5 Å². The molecule has 0 spiro atoms. The highest BCUT2D eigenvalue weighted by Gasteiger charge is 2.54. The SMILES string of the molecule is Cn1cnc2cccc([C@H](Nc3cc(C#N)c4ncc(C#N)c(NCC(C)(C)C)c4c3)c3cn(C4(C(F)F)CC4)nn3)c21. The molecule has 43 heavy (non-hydrogen) atoms. The first-order chi connectivity index (χ1) is 20.5. The number of nitrogens with zero attached hydrogens (tertiary/aromatic N) is 8. The largest absolute Gasteiger partial charge is 0.383 e. The zero-order valence-corrected chi connectivity index (χ0v) is 24.2. The van der Waals surface area contributed by atoms with Crippen LogP contribution in [-0.4, -0.2) is 42.5 Å². The van der Waals surface area contributed by atoms with Gasteiger partial charge in [-0.3, -0.25) is 4.98 Å². The van der Waals surface area contributed by atoms with E-state index in [1.54, 1.807) is 18.6 Å². The van der Waals surface area contributed by atoms with Crippen LogP contribution < -0.4 is 10.6 Å². The number of imidazole rings is 1. The van der Waals surface area contributed by atoms with Crippen molar-refractivity contribution in [2.75, 3.05) is 17.2 Å². The van der Waals surface area contributed by atoms with Gasteiger partial charge in [-0.1, -0.05) is 38.1 Å². The number of para-hydroxylation sites is 1. The predicted octanol–water partition coefficient (Wildman–Crippen LogP) is 5.87. The van der Waals surface area contributed by atoms with Crippen LogP contribution in [-0.2, 0) is 12.6 Å². The normalized spacial score (nSPS) is 14.9. The Labute approximate surface area is 247 Å². The summed E-state index contributed by atoms with van der Waals surface area (Å²) in [6.45, 7) is 6.83. The number of benzene rings is 2. The number of rotatable bonds is 8. The smallest absolute Gasteiger partial charge is 0.263 e. The lowest BCUT2D eigenvalue weighted by Gasteiger charge is -2.23. The van der Waals surface area contributed by atoms with Gasteiger partial charge in [0.25, 0.3) is 6.43 Å². The standard InChI is InChI=1S/C31H30F2N10/c1-30(2,3)16-37-26-19(13-35)14-36-25-18(12-34)10-20(11-22(25)26)39-27(21-6-5-7-23-28(21)42(4)17-38-23)24-15-43(41-40-24)31(8-9-31)29(32)33/h5-7,10-11,14-15,17,27,29,39H,8-9,16H2,1-4H3,(H,36,37)/t27-/m0/s1. The van der Waals surface area contributed by atoms with Crippen molar-refractivity contribution < 1.29 is 8.78 Å². The van der Waals surface area contributed by atoms with Gasteiger partial charge in [0, 0.05) is 36.4 Å². The first-order valence-corrected chi connectivity index (χ1v) is 13.9. The second-order valence-corrected chi connectivity index (χ2v) is 12.2. The molecule has 0 radical (unpaired) electrons. The van der Waals surface area contributed by atoms with Gasteiger partial charge in [0.05, 0.1) is 51.9 Å². The molecule has 1 aliphatic carbocycles. The van der Waals surface area contributed by atoms with Crippen molar-refractivity contribution in [3.8, 4) is 12.1 Å². The first kappa shape index (κ1) is 28.0. The lowest BCUT2D eigenvalue weighted by molar-refractivity contribution is 0.0593. The minimum Gasteiger partial charge on any atom is -0.383 e. The van der Waals surface area contributed by atoms with Crippen molar-refractivity contribution in [3.05, 3.63) is 71.4 Å². The molecule has 218 valence electrons. The number of nitrogens with one attached hydrogen (secondary N) is 2. The molecule has 1 atom stereocenters. The predicted molar refractivity (Wildman–Crippen MR) is 159 cm³/mol. The second-order valence-electron chi connectivity index (χ2n) is 12.2. The van der Waals surface area contributed by atoms with Crippen LogP contribution in [0.15, 0.2) is 49.1 Å². The van der Waals surface area contributed by atoms with Crippen LogP contribution in [0, 0.1) is 28.1 Å². The van der Waals surface area contributed by atoms with Gasteiger partial charge in [-0.05, 0) is 36.5 Å². The van der Waals surface area contributed by atoms with E-state index in [4.69, 9.17) is 0 Å². The highest BCUT2D eigenvalue weighted by Crippen LogP contribution is 2.48. The van der Waals surface area contributed by atoms with Crippen molar-refractivity contribution >= 4 is 33.3 Å². The average Bonchev–Trinajstić information content (AvgIpc) is 3.50. The lowest BCUT2D eigenvalue weighted by Crippen LogP contribution is -2.26. The molecular weight excluding hydrogens is 550 g/mol. The minimum absolute atomic E-state index is 0.0773. The molecule has 0 bridgehead atoms. The van der Waals surface area contributed by atoms with Crippen LogP contribution >= 0.6 is 0 Å². The van der Waals surface area contributed by atoms with E-state index in [0.717, 1.165) is 16.6 Å². The molecule has 2 N–H and O–H groups in total. The summed E-state index contributed by atoms with van der Waals surface area (Å²) < 4.78 is 31.1. The first-order valence-electron chi connectivity index (χ1n) is 13.9. The summed E-state index contributed by atoms with van der Waals surface area (Å²) >= 11 is 0. The van der Waals surface area contributed by atoms with E-state index in [9.17, 15) is 19.3 Å². The number of fused-ring (bicyclic) bond motifs is 2. The zero-order chi connectivity index (χ0) is 30.5. The van der Waals surface area contributed by atoms with Crippen LogP contribution in [0.2, 0.25) is 0 Å². The van der Waals surface area contributed by atoms with Gasteiger partial charge in [0.15, 0.2) is 0 Å². The highest BCUT2D eigenvalue weighted by atomic mass is 19.3. The van der Waals surface area contributed by atoms with Crippen molar-refractivity contribution in [3.63, 3.8) is 0 Å². The average molecular weight is 581 g/mol. The number of hydrogen-bond donors (Lipinski definition) is 2. The molecule has 10 nitrogen and oxygen atoms in total. The maximum atomic E-state index is 13.9. The summed E-state index contributed by atoms with van der Waals surface area (Å²) in [6, 6.07) is 13.1. The van der Waals surface area contributed by atoms with E-state index < -0.39 is 18.0 Å². The summed E-state index contributed by atoms with van der Waals surface area (Å²) in [6.07, 6.45) is 2.86. The molecule has 1 saturated carbocycles. The third-order valence-corrected chi connectivity index (χ3v) is 7.83. The number of alkyl halides is 2. The summed E-state index contributed by atoms with van der Waals surface area (Å²) in [4.78, 5) is 8.93. The Balaban J connectivity index is 1.51. The van der Waals surface area contributed by atoms with E-state index in [1.165, 1.54) is 10.9 Å². The molecule has 0 saturated heterocycles. The molecule has 0 amide bonds. The Morgan fingerprint density at radius 2 is 1.86 bits per heavy atom. The Hall–Kier alpha value is -5.10. The fourth-order valence-electron chi connectivity index (χ4n) is 5.36. The van der Waals surface area contributed by atoms with Gasteiger partial charge in [-0.2, -0.15) is 10.5 Å². The Morgan fingerprint density at radius 1 is 1.09 bits per heavy atom. The van der Waals surface area contributed by atoms with Gasteiger partial charge < -0.3 is 15.2 Å². The van der Waals surface area contributed by atoms with Gasteiger partial charge >= 0.3 is 0 Å². The zero-order valence-electron chi connectivity index (χ0n) is 24.2. The molecule has 5 aromatic rings. The number of pyridine rings is 1. The fourth-order valence-corrected chi connectivity index (χ4v) is 5.36. The third kappa shape index (κ3) is 4.99. The van der Waals surface area contributed by atoms with Gasteiger partial charge in [-0.25, -0.2) is 18.4 Å². The monoisotopic (exact) mass is 580 g/mol. The topological polar surface area (TPSA) is 133 Å². The maximum Gasteiger partial charge on any atom is 0.263 e. The van der Waals surface area contributed by atoms with Gasteiger partial charge in [-0.15, -0.1) is 5.10 Å². The van der Waals surface area contributed by atoms with Crippen LogP contribution in [0.1, 0.15) is 62.0 Å². The van der Waals surface area contributed by atoms with Crippen LogP contribution in [0.5, 0.6) is 0 Å². The highest BCUT2D eigenvalue weighted by molar-refractivity contribution is 5.99. The van der Waals surface area contributed by atoms with Gasteiger partial charge in [0.2, 0.25) is 0 Å². The number of anilines is 2. The number of halogens is 2. The maximum absolute atomic E-state index is 13.9. The van der Waals surface area contributed by atoms with E-state index in [2.05, 4.69) is 63.8 Å². The fraction of sp³-hybridized carbons (Fsp3) is 0.355. The minimum atomic E-state index is -2.56. The second kappa shape index (κ2) is 10.3. The lowest BCUT2D eigenvalue weighted by atomic mass is 9.96. The van der Waals surface area contributed by atoms with E-state index >= 15 is 0 Å². The van der Waals surface area contributed by atoms with E-state index in [-0.39, 0.29) is 5.41 Å². The van der Waals surface area contributed by atoms with Gasteiger partial charge in [0.1, 0.15) is 23.4 Å². The molecule has 1 aliphatic rings. The summed E-state index contributed by atoms with van der Waals surface area (Å²) in [5, 5.41) is 36.0. The number of aryl methyl sites for hydroxylation is 1. The van der Waals surface area contributed by atoms with E-state index in [1.807, 2.05) is 35.9 Å². The number of nitriles is 2. The molecule has 1 fully saturated rings. The van der Waals surface area contributed by atoms with Crippen LogP contribution in [0.4, 0.5) is 20.2 Å². The Morgan fingerprint density at radius 3 is 2.53 bits per heavy atom. The molecule has 3 aromatic heterocycles. The van der Waals surface area contributed by atoms with Crippen molar-refractivity contribution in [1.29, 1.82) is 10.5 Å². The molecular formula is C31H30F2N10. The van der Waals surface area contributed by atoms with E-state index in [0.29, 0.717) is 58.5 Å². The Kier molecular flexibility index (Phi) is 6.73. The molecule has 6 rings (SSSR count). The number of aromatic nitrogens is 6. The molecule has 12 heteroatoms. The third-order valence-electron chi connectivity index (χ3n) is 7.83. The summed E-state index contributed by atoms with van der Waals surface area (Å²) in [7, 11) is 1.88.